The third-order valence-corrected chi connectivity index (χ3v) is 4.19. The van der Waals surface area contributed by atoms with Crippen LogP contribution in [0.1, 0.15) is 23.5 Å². The first-order valence-electron chi connectivity index (χ1n) is 7.64. The van der Waals surface area contributed by atoms with Gasteiger partial charge in [-0.25, -0.2) is 0 Å². The number of nitrogens with one attached hydrogen (secondary N) is 1. The number of carbonyl (C=O) groups is 1. The van der Waals surface area contributed by atoms with Crippen LogP contribution in [0.5, 0.6) is 0 Å². The number of benzene rings is 2. The van der Waals surface area contributed by atoms with Crippen LogP contribution < -0.4 is 11.1 Å². The number of carbonyl (C=O) groups excluding carboxylic acids is 1. The molecule has 0 aliphatic heterocycles. The van der Waals surface area contributed by atoms with Crippen LogP contribution in [0.3, 0.4) is 0 Å². The number of nitrogens with two attached hydrogens (primary N) is 1. The highest BCUT2D eigenvalue weighted by atomic mass is 19.4. The van der Waals surface area contributed by atoms with E-state index in [1.807, 2.05) is 24.3 Å². The highest BCUT2D eigenvalue weighted by Crippen LogP contribution is 2.41. The Hall–Kier alpha value is -2.34. The van der Waals surface area contributed by atoms with Gasteiger partial charge in [-0.1, -0.05) is 36.4 Å². The normalized spacial score (nSPS) is 20.0. The molecule has 0 bridgehead atoms. The molecule has 0 radical (unpaired) electrons. The Labute approximate surface area is 137 Å². The topological polar surface area (TPSA) is 55.1 Å². The van der Waals surface area contributed by atoms with Crippen molar-refractivity contribution in [2.75, 3.05) is 6.54 Å². The van der Waals surface area contributed by atoms with Crippen molar-refractivity contribution in [1.82, 2.24) is 5.32 Å². The minimum Gasteiger partial charge on any atom is -0.369 e. The maximum absolute atomic E-state index is 12.8. The quantitative estimate of drug-likeness (QED) is 0.881. The molecule has 3 N–H and O–H groups in total. The molecule has 2 atom stereocenters. The molecule has 126 valence electrons. The van der Waals surface area contributed by atoms with Gasteiger partial charge < -0.3 is 11.1 Å². The molecule has 3 nitrogen and oxygen atoms in total. The number of rotatable bonds is 5. The van der Waals surface area contributed by atoms with Crippen LogP contribution in [-0.2, 0) is 11.0 Å². The van der Waals surface area contributed by atoms with Gasteiger partial charge in [0.2, 0.25) is 5.91 Å². The summed E-state index contributed by atoms with van der Waals surface area (Å²) in [6.07, 6.45) is -3.42. The summed E-state index contributed by atoms with van der Waals surface area (Å²) < 4.78 is 38.4. The molecule has 2 aromatic carbocycles. The van der Waals surface area contributed by atoms with Gasteiger partial charge in [-0.3, -0.25) is 4.79 Å². The predicted octanol–water partition coefficient (Wildman–Crippen LogP) is 3.30. The van der Waals surface area contributed by atoms with Crippen molar-refractivity contribution in [2.24, 2.45) is 5.73 Å². The van der Waals surface area contributed by atoms with Crippen molar-refractivity contribution in [3.63, 3.8) is 0 Å². The third-order valence-electron chi connectivity index (χ3n) is 4.19. The molecule has 0 unspecified atom stereocenters. The van der Waals surface area contributed by atoms with Crippen LogP contribution in [0, 0.1) is 0 Å². The number of amides is 1. The minimum atomic E-state index is -4.34. The maximum atomic E-state index is 12.8. The Morgan fingerprint density at radius 1 is 1.12 bits per heavy atom. The van der Waals surface area contributed by atoms with Gasteiger partial charge in [0.25, 0.3) is 0 Å². The smallest absolute Gasteiger partial charge is 0.369 e. The van der Waals surface area contributed by atoms with Gasteiger partial charge in [-0.15, -0.1) is 0 Å². The average Bonchev–Trinajstić information content (AvgIpc) is 3.32. The summed E-state index contributed by atoms with van der Waals surface area (Å²) in [6, 6.07) is 13.0. The van der Waals surface area contributed by atoms with Crippen LogP contribution >= 0.6 is 0 Å². The second-order valence-electron chi connectivity index (χ2n) is 6.00. The molecule has 24 heavy (non-hydrogen) atoms. The van der Waals surface area contributed by atoms with Gasteiger partial charge >= 0.3 is 6.18 Å². The molecule has 0 heterocycles. The lowest BCUT2D eigenvalue weighted by atomic mass is 10.0. The SMILES string of the molecule is NC(=O)CN[C@@H]1C[C@H]1c1ccc(-c2cccc(C(F)(F)F)c2)cc1. The number of hydrogen-bond acceptors (Lipinski definition) is 2. The number of halogens is 3. The van der Waals surface area contributed by atoms with Crippen LogP contribution in [0.2, 0.25) is 0 Å². The first-order valence-corrected chi connectivity index (χ1v) is 7.64. The molecule has 3 rings (SSSR count). The lowest BCUT2D eigenvalue weighted by molar-refractivity contribution is -0.137. The monoisotopic (exact) mass is 334 g/mol. The first kappa shape index (κ1) is 16.5. The highest BCUT2D eigenvalue weighted by molar-refractivity contribution is 5.76. The largest absolute Gasteiger partial charge is 0.416 e. The summed E-state index contributed by atoms with van der Waals surface area (Å²) in [5.41, 5.74) is 6.83. The van der Waals surface area contributed by atoms with Gasteiger partial charge in [0.15, 0.2) is 0 Å². The zero-order valence-corrected chi connectivity index (χ0v) is 12.8. The Balaban J connectivity index is 1.71. The van der Waals surface area contributed by atoms with E-state index < -0.39 is 11.7 Å². The number of primary amides is 1. The molecule has 0 aromatic heterocycles. The lowest BCUT2D eigenvalue weighted by Crippen LogP contribution is -2.30. The Morgan fingerprint density at radius 2 is 1.83 bits per heavy atom. The van der Waals surface area contributed by atoms with Gasteiger partial charge in [-0.05, 0) is 35.2 Å². The molecule has 1 aliphatic rings. The summed E-state index contributed by atoms with van der Waals surface area (Å²) in [6.45, 7) is 0.156. The second-order valence-corrected chi connectivity index (χ2v) is 6.00. The molecule has 0 saturated heterocycles. The molecule has 1 amide bonds. The maximum Gasteiger partial charge on any atom is 0.416 e. The number of alkyl halides is 3. The third kappa shape index (κ3) is 3.76. The summed E-state index contributed by atoms with van der Waals surface area (Å²) in [4.78, 5) is 10.8. The van der Waals surface area contributed by atoms with Crippen molar-refractivity contribution in [2.45, 2.75) is 24.6 Å². The van der Waals surface area contributed by atoms with Crippen molar-refractivity contribution in [1.29, 1.82) is 0 Å². The molecule has 0 spiro atoms. The average molecular weight is 334 g/mol. The molecule has 1 saturated carbocycles. The molecular weight excluding hydrogens is 317 g/mol. The molecule has 1 aliphatic carbocycles. The Morgan fingerprint density at radius 3 is 2.46 bits per heavy atom. The summed E-state index contributed by atoms with van der Waals surface area (Å²) in [5.74, 6) is -0.0690. The predicted molar refractivity (Wildman–Crippen MR) is 85.2 cm³/mol. The van der Waals surface area contributed by atoms with Crippen LogP contribution in [0.4, 0.5) is 13.2 Å². The van der Waals surface area contributed by atoms with E-state index in [4.69, 9.17) is 5.73 Å². The minimum absolute atomic E-state index is 0.156. The fourth-order valence-corrected chi connectivity index (χ4v) is 2.82. The molecule has 2 aromatic rings. The lowest BCUT2D eigenvalue weighted by Gasteiger charge is -2.09. The summed E-state index contributed by atoms with van der Waals surface area (Å²) in [7, 11) is 0. The molecule has 1 fully saturated rings. The van der Waals surface area contributed by atoms with E-state index >= 15 is 0 Å². The highest BCUT2D eigenvalue weighted by Gasteiger charge is 2.38. The first-order chi connectivity index (χ1) is 11.3. The van der Waals surface area contributed by atoms with Gasteiger partial charge in [0.05, 0.1) is 12.1 Å². The van der Waals surface area contributed by atoms with E-state index in [0.29, 0.717) is 11.5 Å². The second kappa shape index (κ2) is 6.28. The Bertz CT molecular complexity index is 741. The van der Waals surface area contributed by atoms with Crippen molar-refractivity contribution < 1.29 is 18.0 Å². The zero-order chi connectivity index (χ0) is 17.3. The number of hydrogen-bond donors (Lipinski definition) is 2. The van der Waals surface area contributed by atoms with E-state index in [2.05, 4.69) is 5.32 Å². The Kier molecular flexibility index (Phi) is 4.32. The van der Waals surface area contributed by atoms with Gasteiger partial charge in [0.1, 0.15) is 0 Å². The van der Waals surface area contributed by atoms with E-state index in [1.165, 1.54) is 6.07 Å². The van der Waals surface area contributed by atoms with Crippen molar-refractivity contribution in [3.8, 4) is 11.1 Å². The summed E-state index contributed by atoms with van der Waals surface area (Å²) >= 11 is 0. The zero-order valence-electron chi connectivity index (χ0n) is 12.8. The van der Waals surface area contributed by atoms with E-state index in [-0.39, 0.29) is 18.5 Å². The van der Waals surface area contributed by atoms with Crippen LogP contribution in [-0.4, -0.2) is 18.5 Å². The van der Waals surface area contributed by atoms with Crippen molar-refractivity contribution >= 4 is 5.91 Å². The van der Waals surface area contributed by atoms with Crippen molar-refractivity contribution in [3.05, 3.63) is 59.7 Å². The van der Waals surface area contributed by atoms with Crippen LogP contribution in [0.25, 0.3) is 11.1 Å². The van der Waals surface area contributed by atoms with Gasteiger partial charge in [-0.2, -0.15) is 13.2 Å². The van der Waals surface area contributed by atoms with E-state index in [0.717, 1.165) is 29.7 Å². The fourth-order valence-electron chi connectivity index (χ4n) is 2.82. The van der Waals surface area contributed by atoms with E-state index in [1.54, 1.807) is 6.07 Å². The van der Waals surface area contributed by atoms with E-state index in [9.17, 15) is 18.0 Å². The van der Waals surface area contributed by atoms with Crippen LogP contribution in [0.15, 0.2) is 48.5 Å². The fraction of sp³-hybridized carbons (Fsp3) is 0.278. The molecular formula is C18H17F3N2O. The molecule has 6 heteroatoms. The van der Waals surface area contributed by atoms with Gasteiger partial charge in [0, 0.05) is 12.0 Å². The summed E-state index contributed by atoms with van der Waals surface area (Å²) in [5, 5.41) is 3.08. The standard InChI is InChI=1S/C18H17F3N2O/c19-18(20,21)14-3-1-2-13(8-14)11-4-6-12(7-5-11)15-9-16(15)23-10-17(22)24/h1-8,15-16,23H,9-10H2,(H2,22,24)/t15-,16+/m0/s1.